The lowest BCUT2D eigenvalue weighted by Gasteiger charge is -2.22. The molecule has 0 aliphatic rings. The van der Waals surface area contributed by atoms with Gasteiger partial charge in [-0.25, -0.2) is 4.98 Å². The van der Waals surface area contributed by atoms with Crippen LogP contribution in [0.1, 0.15) is 46.5 Å². The van der Waals surface area contributed by atoms with Gasteiger partial charge in [0.2, 0.25) is 0 Å². The van der Waals surface area contributed by atoms with E-state index in [-0.39, 0.29) is 11.1 Å². The first-order valence-corrected chi connectivity index (χ1v) is 8.67. The molecule has 0 fully saturated rings. The third-order valence-corrected chi connectivity index (χ3v) is 3.83. The first-order valence-electron chi connectivity index (χ1n) is 7.28. The van der Waals surface area contributed by atoms with Crippen LogP contribution in [0, 0.1) is 0 Å². The van der Waals surface area contributed by atoms with Gasteiger partial charge < -0.3 is 9.88 Å². The van der Waals surface area contributed by atoms with Crippen LogP contribution in [0.25, 0.3) is 0 Å². The Morgan fingerprint density at radius 2 is 1.95 bits per heavy atom. The maximum Gasteiger partial charge on any atom is 0.293 e. The largest absolute Gasteiger partial charge is 0.365 e. The molecule has 5 heteroatoms. The summed E-state index contributed by atoms with van der Waals surface area (Å²) in [7, 11) is 0. The lowest BCUT2D eigenvalue weighted by atomic mass is 10.1. The van der Waals surface area contributed by atoms with E-state index in [0.717, 1.165) is 13.0 Å². The summed E-state index contributed by atoms with van der Waals surface area (Å²) in [6, 6.07) is 0. The number of unbranched alkanes of at least 4 members (excludes halogenated alkanes) is 3. The summed E-state index contributed by atoms with van der Waals surface area (Å²) in [4.78, 5) is 16.4. The summed E-state index contributed by atoms with van der Waals surface area (Å²) in [5, 5.41) is 3.17. The predicted octanol–water partition coefficient (Wildman–Crippen LogP) is 3.33. The van der Waals surface area contributed by atoms with Crippen LogP contribution in [-0.4, -0.2) is 28.1 Å². The third-order valence-electron chi connectivity index (χ3n) is 3.13. The quantitative estimate of drug-likeness (QED) is 0.748. The Hall–Kier alpha value is -0.970. The number of nitrogens with zero attached hydrogens (tertiary/aromatic N) is 2. The summed E-state index contributed by atoms with van der Waals surface area (Å²) in [6.45, 7) is 6.87. The van der Waals surface area contributed by atoms with Crippen LogP contribution >= 0.6 is 11.8 Å². The van der Waals surface area contributed by atoms with E-state index in [0.29, 0.717) is 5.82 Å². The molecule has 1 heterocycles. The van der Waals surface area contributed by atoms with Crippen molar-refractivity contribution < 1.29 is 0 Å². The Kier molecular flexibility index (Phi) is 7.13. The molecule has 0 amide bonds. The Morgan fingerprint density at radius 1 is 1.25 bits per heavy atom. The molecule has 114 valence electrons. The fraction of sp³-hybridized carbons (Fsp3) is 0.733. The average Bonchev–Trinajstić information content (AvgIpc) is 2.38. The predicted molar refractivity (Wildman–Crippen MR) is 88.8 cm³/mol. The molecule has 20 heavy (non-hydrogen) atoms. The molecule has 0 aliphatic heterocycles. The highest BCUT2D eigenvalue weighted by atomic mass is 32.2. The van der Waals surface area contributed by atoms with Gasteiger partial charge in [-0.05, 0) is 45.6 Å². The number of hydrogen-bond donors (Lipinski definition) is 1. The molecule has 0 aliphatic carbocycles. The third kappa shape index (κ3) is 5.57. The SMILES string of the molecule is CSCCCCCCNc1nccn(C(C)(C)C)c1=O. The van der Waals surface area contributed by atoms with Crippen molar-refractivity contribution in [3.05, 3.63) is 22.7 Å². The van der Waals surface area contributed by atoms with Crippen molar-refractivity contribution in [1.82, 2.24) is 9.55 Å². The Labute approximate surface area is 126 Å². The van der Waals surface area contributed by atoms with Crippen molar-refractivity contribution >= 4 is 17.6 Å². The number of anilines is 1. The van der Waals surface area contributed by atoms with Gasteiger partial charge in [0.1, 0.15) is 0 Å². The van der Waals surface area contributed by atoms with Crippen molar-refractivity contribution in [3.63, 3.8) is 0 Å². The fourth-order valence-corrected chi connectivity index (χ4v) is 2.49. The van der Waals surface area contributed by atoms with E-state index in [2.05, 4.69) is 16.6 Å². The summed E-state index contributed by atoms with van der Waals surface area (Å²) < 4.78 is 1.72. The molecule has 1 aromatic rings. The minimum atomic E-state index is -0.214. The second kappa shape index (κ2) is 8.35. The van der Waals surface area contributed by atoms with Crippen LogP contribution in [0.3, 0.4) is 0 Å². The van der Waals surface area contributed by atoms with Gasteiger partial charge in [0.05, 0.1) is 0 Å². The van der Waals surface area contributed by atoms with Crippen LogP contribution in [0.5, 0.6) is 0 Å². The number of thioether (sulfide) groups is 1. The molecule has 0 atom stereocenters. The van der Waals surface area contributed by atoms with Crippen molar-refractivity contribution in [2.75, 3.05) is 23.9 Å². The van der Waals surface area contributed by atoms with E-state index < -0.39 is 0 Å². The van der Waals surface area contributed by atoms with Gasteiger partial charge in [0.25, 0.3) is 5.56 Å². The van der Waals surface area contributed by atoms with Gasteiger partial charge in [-0.2, -0.15) is 11.8 Å². The minimum absolute atomic E-state index is 0.0395. The van der Waals surface area contributed by atoms with Crippen molar-refractivity contribution in [2.45, 2.75) is 52.0 Å². The lowest BCUT2D eigenvalue weighted by Crippen LogP contribution is -2.35. The molecule has 1 aromatic heterocycles. The lowest BCUT2D eigenvalue weighted by molar-refractivity contribution is 0.383. The molecule has 0 spiro atoms. The fourth-order valence-electron chi connectivity index (χ4n) is 1.99. The topological polar surface area (TPSA) is 46.9 Å². The van der Waals surface area contributed by atoms with E-state index in [1.807, 2.05) is 32.5 Å². The first-order chi connectivity index (χ1) is 9.46. The summed E-state index contributed by atoms with van der Waals surface area (Å²) in [5.74, 6) is 1.70. The summed E-state index contributed by atoms with van der Waals surface area (Å²) in [6.07, 6.45) is 10.4. The first kappa shape index (κ1) is 17.1. The Bertz CT molecular complexity index is 451. The maximum atomic E-state index is 12.3. The van der Waals surface area contributed by atoms with Crippen molar-refractivity contribution in [2.24, 2.45) is 0 Å². The molecular formula is C15H27N3OS. The molecule has 0 radical (unpaired) electrons. The maximum absolute atomic E-state index is 12.3. The molecule has 0 saturated heterocycles. The van der Waals surface area contributed by atoms with Crippen LogP contribution in [-0.2, 0) is 5.54 Å². The molecule has 0 aromatic carbocycles. The van der Waals surface area contributed by atoms with Crippen LogP contribution in [0.2, 0.25) is 0 Å². The van der Waals surface area contributed by atoms with Gasteiger partial charge in [0.15, 0.2) is 5.82 Å². The number of rotatable bonds is 8. The average molecular weight is 297 g/mol. The molecule has 0 unspecified atom stereocenters. The minimum Gasteiger partial charge on any atom is -0.365 e. The second-order valence-electron chi connectivity index (χ2n) is 5.96. The van der Waals surface area contributed by atoms with Gasteiger partial charge in [-0.3, -0.25) is 4.79 Å². The molecule has 0 saturated carbocycles. The smallest absolute Gasteiger partial charge is 0.293 e. The van der Waals surface area contributed by atoms with Gasteiger partial charge in [-0.1, -0.05) is 12.8 Å². The van der Waals surface area contributed by atoms with E-state index >= 15 is 0 Å². The van der Waals surface area contributed by atoms with E-state index in [1.54, 1.807) is 17.0 Å². The Balaban J connectivity index is 2.43. The van der Waals surface area contributed by atoms with Gasteiger partial charge in [0, 0.05) is 24.5 Å². The highest BCUT2D eigenvalue weighted by molar-refractivity contribution is 7.98. The molecule has 1 N–H and O–H groups in total. The number of nitrogens with one attached hydrogen (secondary N) is 1. The highest BCUT2D eigenvalue weighted by Crippen LogP contribution is 2.11. The van der Waals surface area contributed by atoms with E-state index in [4.69, 9.17) is 0 Å². The van der Waals surface area contributed by atoms with Crippen molar-refractivity contribution in [3.8, 4) is 0 Å². The van der Waals surface area contributed by atoms with E-state index in [1.165, 1.54) is 25.0 Å². The highest BCUT2D eigenvalue weighted by Gasteiger charge is 2.16. The molecule has 4 nitrogen and oxygen atoms in total. The zero-order valence-electron chi connectivity index (χ0n) is 13.1. The number of aromatic nitrogens is 2. The zero-order valence-corrected chi connectivity index (χ0v) is 13.9. The molecule has 1 rings (SSSR count). The van der Waals surface area contributed by atoms with Crippen molar-refractivity contribution in [1.29, 1.82) is 0 Å². The second-order valence-corrected chi connectivity index (χ2v) is 6.94. The zero-order chi connectivity index (χ0) is 15.0. The van der Waals surface area contributed by atoms with Crippen LogP contribution in [0.4, 0.5) is 5.82 Å². The van der Waals surface area contributed by atoms with Gasteiger partial charge >= 0.3 is 0 Å². The summed E-state index contributed by atoms with van der Waals surface area (Å²) in [5.41, 5.74) is -0.253. The normalized spacial score (nSPS) is 11.6. The number of hydrogen-bond acceptors (Lipinski definition) is 4. The monoisotopic (exact) mass is 297 g/mol. The van der Waals surface area contributed by atoms with E-state index in [9.17, 15) is 4.79 Å². The molecule has 0 bridgehead atoms. The van der Waals surface area contributed by atoms with Gasteiger partial charge in [-0.15, -0.1) is 0 Å². The summed E-state index contributed by atoms with van der Waals surface area (Å²) >= 11 is 1.90. The van der Waals surface area contributed by atoms with Crippen LogP contribution < -0.4 is 10.9 Å². The Morgan fingerprint density at radius 3 is 2.60 bits per heavy atom. The molecular weight excluding hydrogens is 270 g/mol. The standard InChI is InChI=1S/C15H27N3OS/c1-15(2,3)18-11-10-17-13(14(18)19)16-9-7-5-6-8-12-20-4/h10-11H,5-9,12H2,1-4H3,(H,16,17). The van der Waals surface area contributed by atoms with Crippen LogP contribution in [0.15, 0.2) is 17.2 Å².